The molecule has 3 heteroatoms. The van der Waals surface area contributed by atoms with E-state index in [1.807, 2.05) is 6.20 Å². The van der Waals surface area contributed by atoms with Crippen molar-refractivity contribution in [2.24, 2.45) is 0 Å². The zero-order valence-electron chi connectivity index (χ0n) is 8.16. The molecular weight excluding hydrogens is 162 g/mol. The molecule has 13 heavy (non-hydrogen) atoms. The molecule has 1 fully saturated rings. The lowest BCUT2D eigenvalue weighted by molar-refractivity contribution is 0.476. The Morgan fingerprint density at radius 2 is 2.62 bits per heavy atom. The molecular formula is C10H17N3. The second-order valence-electron chi connectivity index (χ2n) is 3.72. The van der Waals surface area contributed by atoms with Crippen LogP contribution in [0.4, 0.5) is 0 Å². The molecule has 0 aromatic carbocycles. The molecule has 2 rings (SSSR count). The first-order valence-electron chi connectivity index (χ1n) is 5.13. The summed E-state index contributed by atoms with van der Waals surface area (Å²) in [5.41, 5.74) is 1.33. The minimum absolute atomic E-state index is 0.643. The average molecular weight is 179 g/mol. The van der Waals surface area contributed by atoms with Crippen molar-refractivity contribution in [2.75, 3.05) is 6.54 Å². The van der Waals surface area contributed by atoms with Gasteiger partial charge in [-0.15, -0.1) is 0 Å². The number of aryl methyl sites for hydroxylation is 1. The third-order valence-electron chi connectivity index (χ3n) is 2.66. The van der Waals surface area contributed by atoms with E-state index in [4.69, 9.17) is 0 Å². The van der Waals surface area contributed by atoms with E-state index < -0.39 is 0 Å². The van der Waals surface area contributed by atoms with E-state index in [2.05, 4.69) is 28.2 Å². The van der Waals surface area contributed by atoms with E-state index in [9.17, 15) is 0 Å². The van der Waals surface area contributed by atoms with E-state index in [0.717, 1.165) is 13.0 Å². The van der Waals surface area contributed by atoms with Crippen molar-refractivity contribution < 1.29 is 0 Å². The number of aromatic nitrogens is 2. The van der Waals surface area contributed by atoms with Gasteiger partial charge in [-0.2, -0.15) is 5.10 Å². The third kappa shape index (κ3) is 2.10. The van der Waals surface area contributed by atoms with Gasteiger partial charge in [0, 0.05) is 12.2 Å². The van der Waals surface area contributed by atoms with Gasteiger partial charge in [-0.3, -0.25) is 4.68 Å². The number of rotatable bonds is 3. The Morgan fingerprint density at radius 3 is 3.23 bits per heavy atom. The van der Waals surface area contributed by atoms with Gasteiger partial charge in [0.2, 0.25) is 0 Å². The van der Waals surface area contributed by atoms with Crippen molar-refractivity contribution in [1.29, 1.82) is 0 Å². The number of nitrogens with one attached hydrogen (secondary N) is 1. The van der Waals surface area contributed by atoms with E-state index in [0.29, 0.717) is 6.04 Å². The van der Waals surface area contributed by atoms with Crippen molar-refractivity contribution in [3.05, 3.63) is 18.0 Å². The average Bonchev–Trinajstić information content (AvgIpc) is 2.76. The summed E-state index contributed by atoms with van der Waals surface area (Å²) in [7, 11) is 0. The van der Waals surface area contributed by atoms with Crippen LogP contribution in [0.1, 0.15) is 25.3 Å². The van der Waals surface area contributed by atoms with Gasteiger partial charge in [-0.25, -0.2) is 0 Å². The highest BCUT2D eigenvalue weighted by Crippen LogP contribution is 2.07. The minimum atomic E-state index is 0.643. The normalized spacial score (nSPS) is 22.4. The SMILES string of the molecule is CCc1cnn(CC2CCCN2)c1. The highest BCUT2D eigenvalue weighted by Gasteiger charge is 2.14. The summed E-state index contributed by atoms with van der Waals surface area (Å²) in [6.45, 7) is 4.36. The Labute approximate surface area is 79.1 Å². The minimum Gasteiger partial charge on any atom is -0.312 e. The lowest BCUT2D eigenvalue weighted by Crippen LogP contribution is -2.26. The van der Waals surface area contributed by atoms with Gasteiger partial charge < -0.3 is 5.32 Å². The summed E-state index contributed by atoms with van der Waals surface area (Å²) >= 11 is 0. The molecule has 0 saturated carbocycles. The second kappa shape index (κ2) is 3.92. The van der Waals surface area contributed by atoms with Gasteiger partial charge in [0.1, 0.15) is 0 Å². The molecule has 0 aliphatic carbocycles. The summed E-state index contributed by atoms with van der Waals surface area (Å²) in [4.78, 5) is 0. The van der Waals surface area contributed by atoms with Crippen molar-refractivity contribution in [2.45, 2.75) is 38.8 Å². The summed E-state index contributed by atoms with van der Waals surface area (Å²) in [6, 6.07) is 0.643. The van der Waals surface area contributed by atoms with E-state index in [1.54, 1.807) is 0 Å². The van der Waals surface area contributed by atoms with Crippen LogP contribution in [-0.2, 0) is 13.0 Å². The van der Waals surface area contributed by atoms with Gasteiger partial charge in [0.05, 0.1) is 12.7 Å². The summed E-state index contributed by atoms with van der Waals surface area (Å²) < 4.78 is 2.06. The van der Waals surface area contributed by atoms with Gasteiger partial charge in [0.25, 0.3) is 0 Å². The van der Waals surface area contributed by atoms with Gasteiger partial charge >= 0.3 is 0 Å². The summed E-state index contributed by atoms with van der Waals surface area (Å²) in [6.07, 6.45) is 7.81. The van der Waals surface area contributed by atoms with Gasteiger partial charge in [-0.05, 0) is 31.4 Å². The van der Waals surface area contributed by atoms with Crippen molar-refractivity contribution in [1.82, 2.24) is 15.1 Å². The molecule has 0 spiro atoms. The predicted octanol–water partition coefficient (Wildman–Crippen LogP) is 1.20. The van der Waals surface area contributed by atoms with Crippen LogP contribution in [0, 0.1) is 0 Å². The summed E-state index contributed by atoms with van der Waals surface area (Å²) in [5, 5.41) is 7.80. The first kappa shape index (κ1) is 8.75. The van der Waals surface area contributed by atoms with Crippen molar-refractivity contribution >= 4 is 0 Å². The topological polar surface area (TPSA) is 29.9 Å². The van der Waals surface area contributed by atoms with Crippen LogP contribution in [0.3, 0.4) is 0 Å². The molecule has 1 aromatic rings. The molecule has 3 nitrogen and oxygen atoms in total. The Hall–Kier alpha value is -0.830. The molecule has 0 radical (unpaired) electrons. The van der Waals surface area contributed by atoms with Crippen LogP contribution in [0.2, 0.25) is 0 Å². The molecule has 0 bridgehead atoms. The van der Waals surface area contributed by atoms with Gasteiger partial charge in [0.15, 0.2) is 0 Å². The van der Waals surface area contributed by atoms with E-state index in [1.165, 1.54) is 24.9 Å². The molecule has 1 aliphatic rings. The quantitative estimate of drug-likeness (QED) is 0.755. The molecule has 1 atom stereocenters. The van der Waals surface area contributed by atoms with Gasteiger partial charge in [-0.1, -0.05) is 6.92 Å². The fourth-order valence-corrected chi connectivity index (χ4v) is 1.83. The van der Waals surface area contributed by atoms with Crippen LogP contribution in [-0.4, -0.2) is 22.4 Å². The fourth-order valence-electron chi connectivity index (χ4n) is 1.83. The number of hydrogen-bond donors (Lipinski definition) is 1. The maximum Gasteiger partial charge on any atom is 0.0562 e. The lowest BCUT2D eigenvalue weighted by Gasteiger charge is -2.09. The van der Waals surface area contributed by atoms with E-state index >= 15 is 0 Å². The van der Waals surface area contributed by atoms with E-state index in [-0.39, 0.29) is 0 Å². The molecule has 1 N–H and O–H groups in total. The molecule has 0 amide bonds. The zero-order valence-corrected chi connectivity index (χ0v) is 8.16. The zero-order chi connectivity index (χ0) is 9.10. The van der Waals surface area contributed by atoms with Crippen molar-refractivity contribution in [3.8, 4) is 0 Å². The second-order valence-corrected chi connectivity index (χ2v) is 3.72. The first-order chi connectivity index (χ1) is 6.38. The van der Waals surface area contributed by atoms with Crippen LogP contribution in [0.25, 0.3) is 0 Å². The van der Waals surface area contributed by atoms with Crippen LogP contribution in [0.5, 0.6) is 0 Å². The maximum absolute atomic E-state index is 4.33. The third-order valence-corrected chi connectivity index (χ3v) is 2.66. The maximum atomic E-state index is 4.33. The monoisotopic (exact) mass is 179 g/mol. The molecule has 1 aromatic heterocycles. The summed E-state index contributed by atoms with van der Waals surface area (Å²) in [5.74, 6) is 0. The lowest BCUT2D eigenvalue weighted by atomic mass is 10.2. The smallest absolute Gasteiger partial charge is 0.0562 e. The highest BCUT2D eigenvalue weighted by atomic mass is 15.3. The standard InChI is InChI=1S/C10H17N3/c1-2-9-6-12-13(7-9)8-10-4-3-5-11-10/h6-7,10-11H,2-5,8H2,1H3. The first-order valence-corrected chi connectivity index (χ1v) is 5.13. The molecule has 72 valence electrons. The fraction of sp³-hybridized carbons (Fsp3) is 0.700. The van der Waals surface area contributed by atoms with Crippen LogP contribution >= 0.6 is 0 Å². The molecule has 1 aliphatic heterocycles. The number of nitrogens with zero attached hydrogens (tertiary/aromatic N) is 2. The van der Waals surface area contributed by atoms with Crippen molar-refractivity contribution in [3.63, 3.8) is 0 Å². The number of hydrogen-bond acceptors (Lipinski definition) is 2. The Bertz CT molecular complexity index is 261. The highest BCUT2D eigenvalue weighted by molar-refractivity contribution is 5.03. The molecule has 1 unspecified atom stereocenters. The predicted molar refractivity (Wildman–Crippen MR) is 52.6 cm³/mol. The largest absolute Gasteiger partial charge is 0.312 e. The Kier molecular flexibility index (Phi) is 2.64. The molecule has 1 saturated heterocycles. The Balaban J connectivity index is 1.92. The molecule has 2 heterocycles. The van der Waals surface area contributed by atoms with Crippen LogP contribution in [0.15, 0.2) is 12.4 Å². The van der Waals surface area contributed by atoms with Crippen LogP contribution < -0.4 is 5.32 Å². The Morgan fingerprint density at radius 1 is 1.69 bits per heavy atom.